The SMILES string of the molecule is COC(=O)c1cc(Cl)c(Cl)cc1CI. The highest BCUT2D eigenvalue weighted by Crippen LogP contribution is 2.27. The molecule has 0 heterocycles. The highest BCUT2D eigenvalue weighted by molar-refractivity contribution is 14.1. The topological polar surface area (TPSA) is 26.3 Å². The number of hydrogen-bond donors (Lipinski definition) is 0. The molecule has 5 heteroatoms. The minimum Gasteiger partial charge on any atom is -0.465 e. The van der Waals surface area contributed by atoms with Gasteiger partial charge in [-0.15, -0.1) is 0 Å². The van der Waals surface area contributed by atoms with Crippen molar-refractivity contribution < 1.29 is 9.53 Å². The van der Waals surface area contributed by atoms with Crippen LogP contribution in [0, 0.1) is 0 Å². The Hall–Kier alpha value is -0.000000000000000111. The maximum atomic E-state index is 11.3. The van der Waals surface area contributed by atoms with Gasteiger partial charge in [0.25, 0.3) is 0 Å². The van der Waals surface area contributed by atoms with Gasteiger partial charge in [-0.25, -0.2) is 4.79 Å². The Labute approximate surface area is 106 Å². The van der Waals surface area contributed by atoms with Crippen LogP contribution in [0.1, 0.15) is 15.9 Å². The van der Waals surface area contributed by atoms with Gasteiger partial charge in [-0.1, -0.05) is 45.8 Å². The van der Waals surface area contributed by atoms with E-state index in [1.54, 1.807) is 6.07 Å². The van der Waals surface area contributed by atoms with E-state index in [9.17, 15) is 4.79 Å². The highest BCUT2D eigenvalue weighted by Gasteiger charge is 2.13. The summed E-state index contributed by atoms with van der Waals surface area (Å²) in [5.74, 6) is -0.393. The number of ether oxygens (including phenoxy) is 1. The van der Waals surface area contributed by atoms with Crippen LogP contribution in [0.15, 0.2) is 12.1 Å². The first-order valence-corrected chi connectivity index (χ1v) is 6.00. The zero-order chi connectivity index (χ0) is 10.7. The Morgan fingerprint density at radius 3 is 2.50 bits per heavy atom. The number of benzene rings is 1. The van der Waals surface area contributed by atoms with Gasteiger partial charge in [0.1, 0.15) is 0 Å². The summed E-state index contributed by atoms with van der Waals surface area (Å²) in [5.41, 5.74) is 1.29. The van der Waals surface area contributed by atoms with Crippen LogP contribution in [0.3, 0.4) is 0 Å². The lowest BCUT2D eigenvalue weighted by molar-refractivity contribution is 0.0600. The third-order valence-corrected chi connectivity index (χ3v) is 3.24. The van der Waals surface area contributed by atoms with Crippen molar-refractivity contribution in [3.8, 4) is 0 Å². The summed E-state index contributed by atoms with van der Waals surface area (Å²) in [6.07, 6.45) is 0. The van der Waals surface area contributed by atoms with Crippen LogP contribution in [0.2, 0.25) is 10.0 Å². The average Bonchev–Trinajstić information content (AvgIpc) is 2.20. The molecule has 0 bridgehead atoms. The lowest BCUT2D eigenvalue weighted by Gasteiger charge is -2.06. The maximum Gasteiger partial charge on any atom is 0.338 e. The lowest BCUT2D eigenvalue weighted by Crippen LogP contribution is -2.04. The molecule has 0 aromatic heterocycles. The minimum absolute atomic E-state index is 0.362. The van der Waals surface area contributed by atoms with Gasteiger partial charge in [0.05, 0.1) is 22.7 Å². The molecule has 0 aliphatic carbocycles. The first kappa shape index (κ1) is 12.1. The van der Waals surface area contributed by atoms with Crippen molar-refractivity contribution in [2.75, 3.05) is 7.11 Å². The van der Waals surface area contributed by atoms with Crippen molar-refractivity contribution >= 4 is 51.8 Å². The Bertz CT molecular complexity index is 366. The molecule has 0 saturated heterocycles. The molecule has 0 atom stereocenters. The predicted molar refractivity (Wildman–Crippen MR) is 65.5 cm³/mol. The van der Waals surface area contributed by atoms with E-state index in [0.717, 1.165) is 5.56 Å². The van der Waals surface area contributed by atoms with Crippen molar-refractivity contribution in [2.45, 2.75) is 4.43 Å². The second kappa shape index (κ2) is 5.19. The Balaban J connectivity index is 3.27. The molecule has 2 nitrogen and oxygen atoms in total. The van der Waals surface area contributed by atoms with Gasteiger partial charge in [-0.2, -0.15) is 0 Å². The summed E-state index contributed by atoms with van der Waals surface area (Å²) in [4.78, 5) is 11.3. The average molecular weight is 345 g/mol. The first-order chi connectivity index (χ1) is 6.60. The second-order valence-corrected chi connectivity index (χ2v) is 4.13. The van der Waals surface area contributed by atoms with E-state index in [2.05, 4.69) is 27.3 Å². The summed E-state index contributed by atoms with van der Waals surface area (Å²) in [6, 6.07) is 3.21. The van der Waals surface area contributed by atoms with Gasteiger partial charge < -0.3 is 4.74 Å². The summed E-state index contributed by atoms with van der Waals surface area (Å²) in [5, 5.41) is 0.812. The maximum absolute atomic E-state index is 11.3. The van der Waals surface area contributed by atoms with Crippen LogP contribution in [-0.2, 0) is 9.16 Å². The summed E-state index contributed by atoms with van der Waals surface area (Å²) < 4.78 is 5.31. The van der Waals surface area contributed by atoms with Gasteiger partial charge in [0, 0.05) is 4.43 Å². The van der Waals surface area contributed by atoms with Crippen LogP contribution < -0.4 is 0 Å². The minimum atomic E-state index is -0.393. The quantitative estimate of drug-likeness (QED) is 0.464. The summed E-state index contributed by atoms with van der Waals surface area (Å²) in [6.45, 7) is 0. The summed E-state index contributed by atoms with van der Waals surface area (Å²) >= 11 is 13.8. The van der Waals surface area contributed by atoms with E-state index in [0.29, 0.717) is 20.0 Å². The van der Waals surface area contributed by atoms with E-state index >= 15 is 0 Å². The standard InChI is InChI=1S/C9H7Cl2IO2/c1-14-9(13)6-3-8(11)7(10)2-5(6)4-12/h2-3H,4H2,1H3. The fraction of sp³-hybridized carbons (Fsp3) is 0.222. The van der Waals surface area contributed by atoms with E-state index < -0.39 is 5.97 Å². The van der Waals surface area contributed by atoms with Gasteiger partial charge in [-0.05, 0) is 17.7 Å². The molecule has 0 unspecified atom stereocenters. The normalized spacial score (nSPS) is 10.0. The third kappa shape index (κ3) is 2.52. The van der Waals surface area contributed by atoms with E-state index in [1.807, 2.05) is 0 Å². The molecule has 0 saturated carbocycles. The second-order valence-electron chi connectivity index (χ2n) is 2.55. The lowest BCUT2D eigenvalue weighted by atomic mass is 10.1. The molecule has 76 valence electrons. The largest absolute Gasteiger partial charge is 0.465 e. The van der Waals surface area contributed by atoms with Crippen molar-refractivity contribution in [1.82, 2.24) is 0 Å². The third-order valence-electron chi connectivity index (χ3n) is 1.70. The van der Waals surface area contributed by atoms with Crippen LogP contribution in [0.5, 0.6) is 0 Å². The van der Waals surface area contributed by atoms with Crippen LogP contribution in [-0.4, -0.2) is 13.1 Å². The molecule has 0 fully saturated rings. The molecule has 0 radical (unpaired) electrons. The number of hydrogen-bond acceptors (Lipinski definition) is 2. The molecule has 0 amide bonds. The zero-order valence-corrected chi connectivity index (χ0v) is 11.0. The number of carbonyl (C=O) groups excluding carboxylic acids is 1. The van der Waals surface area contributed by atoms with E-state index in [4.69, 9.17) is 23.2 Å². The van der Waals surface area contributed by atoms with Crippen molar-refractivity contribution in [3.63, 3.8) is 0 Å². The number of methoxy groups -OCH3 is 1. The first-order valence-electron chi connectivity index (χ1n) is 3.72. The smallest absolute Gasteiger partial charge is 0.338 e. The molecule has 1 aromatic carbocycles. The number of carbonyl (C=O) groups is 1. The van der Waals surface area contributed by atoms with Gasteiger partial charge in [0.2, 0.25) is 0 Å². The number of esters is 1. The molecule has 1 aromatic rings. The van der Waals surface area contributed by atoms with Gasteiger partial charge >= 0.3 is 5.97 Å². The van der Waals surface area contributed by atoms with E-state index in [1.165, 1.54) is 13.2 Å². The van der Waals surface area contributed by atoms with Crippen molar-refractivity contribution in [1.29, 1.82) is 0 Å². The van der Waals surface area contributed by atoms with Gasteiger partial charge in [-0.3, -0.25) is 0 Å². The molecular weight excluding hydrogens is 338 g/mol. The Morgan fingerprint density at radius 1 is 1.43 bits per heavy atom. The van der Waals surface area contributed by atoms with Crippen molar-refractivity contribution in [2.24, 2.45) is 0 Å². The van der Waals surface area contributed by atoms with Crippen LogP contribution >= 0.6 is 45.8 Å². The van der Waals surface area contributed by atoms with Crippen molar-refractivity contribution in [3.05, 3.63) is 33.3 Å². The molecular formula is C9H7Cl2IO2. The predicted octanol–water partition coefficient (Wildman–Crippen LogP) is 3.72. The summed E-state index contributed by atoms with van der Waals surface area (Å²) in [7, 11) is 1.34. The fourth-order valence-corrected chi connectivity index (χ4v) is 1.98. The number of halogens is 3. The highest BCUT2D eigenvalue weighted by atomic mass is 127. The van der Waals surface area contributed by atoms with Crippen LogP contribution in [0.25, 0.3) is 0 Å². The molecule has 14 heavy (non-hydrogen) atoms. The molecule has 1 rings (SSSR count). The molecule has 0 N–H and O–H groups in total. The zero-order valence-electron chi connectivity index (χ0n) is 7.31. The van der Waals surface area contributed by atoms with Crippen LogP contribution in [0.4, 0.5) is 0 Å². The fourth-order valence-electron chi connectivity index (χ4n) is 0.999. The monoisotopic (exact) mass is 344 g/mol. The molecule has 0 aliphatic rings. The number of alkyl halides is 1. The number of rotatable bonds is 2. The van der Waals surface area contributed by atoms with Gasteiger partial charge in [0.15, 0.2) is 0 Å². The Kier molecular flexibility index (Phi) is 4.47. The molecule has 0 spiro atoms. The van der Waals surface area contributed by atoms with E-state index in [-0.39, 0.29) is 0 Å². The Morgan fingerprint density at radius 2 is 2.00 bits per heavy atom. The molecule has 0 aliphatic heterocycles.